The van der Waals surface area contributed by atoms with Gasteiger partial charge in [-0.05, 0) is 24.3 Å². The van der Waals surface area contributed by atoms with Crippen LogP contribution in [0.25, 0.3) is 0 Å². The number of rotatable bonds is 5. The van der Waals surface area contributed by atoms with Crippen molar-refractivity contribution in [2.75, 3.05) is 24.4 Å². The Hall–Kier alpha value is -3.54. The molecule has 4 rings (SSSR count). The fourth-order valence-electron chi connectivity index (χ4n) is 3.60. The summed E-state index contributed by atoms with van der Waals surface area (Å²) in [6, 6.07) is 18.8. The summed E-state index contributed by atoms with van der Waals surface area (Å²) in [5.41, 5.74) is 3.36. The third-order valence-corrected chi connectivity index (χ3v) is 5.01. The molecule has 3 aromatic rings. The van der Waals surface area contributed by atoms with E-state index in [4.69, 9.17) is 9.47 Å². The van der Waals surface area contributed by atoms with Crippen LogP contribution in [0.15, 0.2) is 60.7 Å². The predicted molar refractivity (Wildman–Crippen MR) is 108 cm³/mol. The molecule has 0 fully saturated rings. The Kier molecular flexibility index (Phi) is 4.61. The Morgan fingerprint density at radius 3 is 2.29 bits per heavy atom. The van der Waals surface area contributed by atoms with Crippen LogP contribution in [0.3, 0.4) is 0 Å². The largest absolute Gasteiger partial charge is 0.504 e. The lowest BCUT2D eigenvalue weighted by Crippen LogP contribution is -2.27. The van der Waals surface area contributed by atoms with Crippen LogP contribution in [-0.2, 0) is 6.54 Å². The normalized spacial score (nSPS) is 15.1. The minimum Gasteiger partial charge on any atom is -0.504 e. The number of methoxy groups -OCH3 is 2. The SMILES string of the molecule is COc1cccc(CN2c3ccccc3NC2c2cccc(OC)c2O)c1O. The van der Waals surface area contributed by atoms with Gasteiger partial charge in [-0.2, -0.15) is 0 Å². The van der Waals surface area contributed by atoms with E-state index >= 15 is 0 Å². The number of aromatic hydroxyl groups is 2. The van der Waals surface area contributed by atoms with Gasteiger partial charge in [0.25, 0.3) is 0 Å². The summed E-state index contributed by atoms with van der Waals surface area (Å²) in [5, 5.41) is 24.7. The Bertz CT molecular complexity index is 1010. The molecule has 1 heterocycles. The van der Waals surface area contributed by atoms with E-state index in [1.165, 1.54) is 14.2 Å². The molecule has 144 valence electrons. The lowest BCUT2D eigenvalue weighted by atomic mass is 10.1. The molecule has 0 saturated heterocycles. The number of ether oxygens (including phenoxy) is 2. The number of phenols is 2. The molecule has 1 aliphatic heterocycles. The van der Waals surface area contributed by atoms with E-state index < -0.39 is 0 Å². The third-order valence-electron chi connectivity index (χ3n) is 5.01. The molecule has 6 nitrogen and oxygen atoms in total. The van der Waals surface area contributed by atoms with Crippen LogP contribution in [0.2, 0.25) is 0 Å². The predicted octanol–water partition coefficient (Wildman–Crippen LogP) is 4.25. The van der Waals surface area contributed by atoms with E-state index in [2.05, 4.69) is 10.2 Å². The Morgan fingerprint density at radius 2 is 1.54 bits per heavy atom. The van der Waals surface area contributed by atoms with Gasteiger partial charge in [-0.25, -0.2) is 0 Å². The third kappa shape index (κ3) is 2.93. The summed E-state index contributed by atoms with van der Waals surface area (Å²) < 4.78 is 10.5. The average Bonchev–Trinajstić information content (AvgIpc) is 3.08. The van der Waals surface area contributed by atoms with Crippen molar-refractivity contribution in [2.45, 2.75) is 12.7 Å². The molecule has 1 unspecified atom stereocenters. The van der Waals surface area contributed by atoms with Gasteiger partial charge in [-0.3, -0.25) is 0 Å². The molecule has 0 saturated carbocycles. The lowest BCUT2D eigenvalue weighted by Gasteiger charge is -2.28. The Morgan fingerprint density at radius 1 is 0.857 bits per heavy atom. The van der Waals surface area contributed by atoms with Gasteiger partial charge < -0.3 is 29.9 Å². The number of anilines is 2. The van der Waals surface area contributed by atoms with Crippen LogP contribution in [0.5, 0.6) is 23.0 Å². The second-order valence-electron chi connectivity index (χ2n) is 6.56. The molecule has 0 amide bonds. The fraction of sp³-hybridized carbons (Fsp3) is 0.182. The highest BCUT2D eigenvalue weighted by Crippen LogP contribution is 2.46. The highest BCUT2D eigenvalue weighted by Gasteiger charge is 2.32. The minimum atomic E-state index is -0.321. The van der Waals surface area contributed by atoms with Crippen molar-refractivity contribution in [3.8, 4) is 23.0 Å². The first-order valence-electron chi connectivity index (χ1n) is 8.97. The maximum absolute atomic E-state index is 10.7. The summed E-state index contributed by atoms with van der Waals surface area (Å²) in [7, 11) is 3.06. The molecular formula is C22H22N2O4. The highest BCUT2D eigenvalue weighted by atomic mass is 16.5. The van der Waals surface area contributed by atoms with Gasteiger partial charge in [0.1, 0.15) is 6.17 Å². The summed E-state index contributed by atoms with van der Waals surface area (Å²) in [4.78, 5) is 2.10. The van der Waals surface area contributed by atoms with E-state index in [-0.39, 0.29) is 17.7 Å². The Labute approximate surface area is 163 Å². The van der Waals surface area contributed by atoms with Crippen LogP contribution >= 0.6 is 0 Å². The maximum atomic E-state index is 10.7. The van der Waals surface area contributed by atoms with Gasteiger partial charge >= 0.3 is 0 Å². The van der Waals surface area contributed by atoms with Crippen LogP contribution in [-0.4, -0.2) is 24.4 Å². The topological polar surface area (TPSA) is 74.2 Å². The second kappa shape index (κ2) is 7.23. The monoisotopic (exact) mass is 378 g/mol. The van der Waals surface area contributed by atoms with Gasteiger partial charge in [0.05, 0.1) is 25.6 Å². The molecule has 3 aromatic carbocycles. The number of benzene rings is 3. The molecule has 3 N–H and O–H groups in total. The maximum Gasteiger partial charge on any atom is 0.164 e. The van der Waals surface area contributed by atoms with Gasteiger partial charge in [-0.15, -0.1) is 0 Å². The minimum absolute atomic E-state index is 0.0928. The van der Waals surface area contributed by atoms with Crippen LogP contribution < -0.4 is 19.7 Å². The molecule has 28 heavy (non-hydrogen) atoms. The fourth-order valence-corrected chi connectivity index (χ4v) is 3.60. The van der Waals surface area contributed by atoms with Crippen molar-refractivity contribution in [3.05, 3.63) is 71.8 Å². The number of hydrogen-bond acceptors (Lipinski definition) is 6. The highest BCUT2D eigenvalue weighted by molar-refractivity contribution is 5.77. The van der Waals surface area contributed by atoms with E-state index in [9.17, 15) is 10.2 Å². The molecule has 0 bridgehead atoms. The van der Waals surface area contributed by atoms with Gasteiger partial charge in [0.15, 0.2) is 23.0 Å². The van der Waals surface area contributed by atoms with Gasteiger partial charge in [0.2, 0.25) is 0 Å². The number of phenolic OH excluding ortho intramolecular Hbond substituents is 2. The van der Waals surface area contributed by atoms with Crippen LogP contribution in [0.4, 0.5) is 11.4 Å². The zero-order valence-corrected chi connectivity index (χ0v) is 15.7. The number of nitrogens with zero attached hydrogens (tertiary/aromatic N) is 1. The molecule has 1 atom stereocenters. The van der Waals surface area contributed by atoms with Crippen LogP contribution in [0.1, 0.15) is 17.3 Å². The first kappa shape index (κ1) is 17.9. The van der Waals surface area contributed by atoms with Crippen molar-refractivity contribution in [2.24, 2.45) is 0 Å². The summed E-state index contributed by atoms with van der Waals surface area (Å²) >= 11 is 0. The summed E-state index contributed by atoms with van der Waals surface area (Å²) in [6.07, 6.45) is -0.321. The van der Waals surface area contributed by atoms with E-state index in [0.29, 0.717) is 23.6 Å². The van der Waals surface area contributed by atoms with Crippen molar-refractivity contribution < 1.29 is 19.7 Å². The number of fused-ring (bicyclic) bond motifs is 1. The number of nitrogens with one attached hydrogen (secondary N) is 1. The molecule has 0 aromatic heterocycles. The quantitative estimate of drug-likeness (QED) is 0.616. The van der Waals surface area contributed by atoms with E-state index in [1.54, 1.807) is 12.1 Å². The van der Waals surface area contributed by atoms with Crippen molar-refractivity contribution in [3.63, 3.8) is 0 Å². The Balaban J connectivity index is 1.78. The molecule has 0 radical (unpaired) electrons. The molecule has 6 heteroatoms. The number of para-hydroxylation sites is 4. The first-order valence-corrected chi connectivity index (χ1v) is 8.97. The number of hydrogen-bond donors (Lipinski definition) is 3. The van der Waals surface area contributed by atoms with Crippen LogP contribution in [0, 0.1) is 0 Å². The second-order valence-corrected chi connectivity index (χ2v) is 6.56. The molecule has 0 spiro atoms. The summed E-state index contributed by atoms with van der Waals surface area (Å²) in [5.74, 6) is 1.05. The average molecular weight is 378 g/mol. The molecular weight excluding hydrogens is 356 g/mol. The first-order chi connectivity index (χ1) is 13.6. The van der Waals surface area contributed by atoms with E-state index in [0.717, 1.165) is 16.9 Å². The smallest absolute Gasteiger partial charge is 0.164 e. The lowest BCUT2D eigenvalue weighted by molar-refractivity contribution is 0.367. The van der Waals surface area contributed by atoms with Crippen molar-refractivity contribution in [1.29, 1.82) is 0 Å². The van der Waals surface area contributed by atoms with Gasteiger partial charge in [-0.1, -0.05) is 36.4 Å². The van der Waals surface area contributed by atoms with E-state index in [1.807, 2.05) is 48.5 Å². The van der Waals surface area contributed by atoms with Gasteiger partial charge in [0, 0.05) is 17.7 Å². The summed E-state index contributed by atoms with van der Waals surface area (Å²) in [6.45, 7) is 0.425. The van der Waals surface area contributed by atoms with Crippen molar-refractivity contribution >= 4 is 11.4 Å². The molecule has 1 aliphatic rings. The molecule has 0 aliphatic carbocycles. The van der Waals surface area contributed by atoms with Crippen molar-refractivity contribution in [1.82, 2.24) is 0 Å². The zero-order chi connectivity index (χ0) is 19.7. The standard InChI is InChI=1S/C22H22N2O4/c1-27-18-11-5-7-14(20(18)25)13-24-17-10-4-3-9-16(17)23-22(24)15-8-6-12-19(28-2)21(15)26/h3-12,22-23,25-26H,13H2,1-2H3. The zero-order valence-electron chi connectivity index (χ0n) is 15.7.